The van der Waals surface area contributed by atoms with Crippen LogP contribution in [0.4, 0.5) is 12.9 Å². The third kappa shape index (κ3) is 3.79. The molecule has 1 aromatic carbocycles. The fourth-order valence-electron chi connectivity index (χ4n) is 1.01. The molecule has 14 heavy (non-hydrogen) atoms. The molecule has 0 aliphatic heterocycles. The molecule has 0 aromatic heterocycles. The maximum Gasteiger partial charge on any atom is 1.00 e. The molecule has 1 nitrogen and oxygen atoms in total. The van der Waals surface area contributed by atoms with Crippen molar-refractivity contribution in [3.8, 4) is 0 Å². The zero-order valence-electron chi connectivity index (χ0n) is 7.84. The van der Waals surface area contributed by atoms with Gasteiger partial charge in [0.15, 0.2) is 0 Å². The second kappa shape index (κ2) is 5.81. The molecule has 0 aliphatic rings. The van der Waals surface area contributed by atoms with Gasteiger partial charge in [0.1, 0.15) is 0 Å². The van der Waals surface area contributed by atoms with E-state index in [0.717, 1.165) is 6.07 Å². The molecule has 0 N–H and O–H groups in total. The van der Waals surface area contributed by atoms with E-state index in [1.807, 2.05) is 0 Å². The van der Waals surface area contributed by atoms with E-state index in [1.165, 1.54) is 24.5 Å². The Hall–Kier alpha value is 0.861. The molecule has 1 aromatic rings. The van der Waals surface area contributed by atoms with Crippen LogP contribution in [0.25, 0.3) is 0 Å². The number of halogens is 3. The largest absolute Gasteiger partial charge is 1.00 e. The van der Waals surface area contributed by atoms with Crippen molar-refractivity contribution in [2.45, 2.75) is 4.90 Å². The zero-order valence-corrected chi connectivity index (χ0v) is 11.8. The molecule has 0 bridgehead atoms. The van der Waals surface area contributed by atoms with E-state index in [4.69, 9.17) is 0 Å². The zero-order chi connectivity index (χ0) is 10.1. The summed E-state index contributed by atoms with van der Waals surface area (Å²) in [6.07, 6.45) is 1.24. The van der Waals surface area contributed by atoms with Gasteiger partial charge in [-0.15, -0.1) is 0 Å². The number of hydrogen-bond acceptors (Lipinski definition) is 1. The molecule has 0 spiro atoms. The number of hydrogen-bond donors (Lipinski definition) is 0. The summed E-state index contributed by atoms with van der Waals surface area (Å²) >= 11 is 0. The van der Waals surface area contributed by atoms with Crippen LogP contribution in [-0.4, -0.2) is 17.4 Å². The van der Waals surface area contributed by atoms with Crippen molar-refractivity contribution in [3.63, 3.8) is 0 Å². The molecular formula is C7H7BF3KOS. The van der Waals surface area contributed by atoms with Crippen molar-refractivity contribution in [3.05, 3.63) is 24.3 Å². The van der Waals surface area contributed by atoms with E-state index in [2.05, 4.69) is 0 Å². The minimum atomic E-state index is -5.06. The van der Waals surface area contributed by atoms with E-state index < -0.39 is 23.2 Å². The van der Waals surface area contributed by atoms with E-state index in [9.17, 15) is 17.2 Å². The fraction of sp³-hybridized carbons (Fsp3) is 0.143. The molecule has 0 aliphatic carbocycles. The standard InChI is InChI=1S/C7H7BF3OS.K/c1-13(12)7-5-3-2-4-6(7)8(9,10)11;/h2-5H,1H3;/q-1;+1. The predicted molar refractivity (Wildman–Crippen MR) is 47.5 cm³/mol. The normalized spacial score (nSPS) is 13.1. The van der Waals surface area contributed by atoms with Crippen LogP contribution in [0.15, 0.2) is 29.2 Å². The number of benzene rings is 1. The summed E-state index contributed by atoms with van der Waals surface area (Å²) in [6.45, 7) is -5.06. The van der Waals surface area contributed by atoms with Crippen molar-refractivity contribution in [1.82, 2.24) is 0 Å². The molecule has 0 heterocycles. The van der Waals surface area contributed by atoms with Gasteiger partial charge in [0.05, 0.1) is 0 Å². The van der Waals surface area contributed by atoms with Crippen LogP contribution in [0.2, 0.25) is 0 Å². The van der Waals surface area contributed by atoms with Gasteiger partial charge in [-0.05, 0) is 6.07 Å². The molecule has 1 unspecified atom stereocenters. The average molecular weight is 246 g/mol. The molecule has 0 saturated heterocycles. The van der Waals surface area contributed by atoms with Gasteiger partial charge >= 0.3 is 58.4 Å². The maximum atomic E-state index is 12.3. The van der Waals surface area contributed by atoms with Gasteiger partial charge in [0.25, 0.3) is 0 Å². The molecule has 1 atom stereocenters. The first-order valence-corrected chi connectivity index (χ1v) is 5.11. The first-order valence-electron chi connectivity index (χ1n) is 3.55. The smallest absolute Gasteiger partial charge is 0.445 e. The van der Waals surface area contributed by atoms with Gasteiger partial charge in [-0.3, -0.25) is 4.21 Å². The van der Waals surface area contributed by atoms with Crippen LogP contribution in [0.5, 0.6) is 0 Å². The summed E-state index contributed by atoms with van der Waals surface area (Å²) in [5.41, 5.74) is -0.761. The Morgan fingerprint density at radius 1 is 1.21 bits per heavy atom. The topological polar surface area (TPSA) is 17.1 Å². The first kappa shape index (κ1) is 14.9. The van der Waals surface area contributed by atoms with Crippen LogP contribution in [0.3, 0.4) is 0 Å². The van der Waals surface area contributed by atoms with Crippen LogP contribution >= 0.6 is 0 Å². The fourth-order valence-corrected chi connectivity index (χ4v) is 1.82. The Labute approximate surface area is 125 Å². The minimum absolute atomic E-state index is 0. The summed E-state index contributed by atoms with van der Waals surface area (Å²) in [6, 6.07) is 4.93. The maximum absolute atomic E-state index is 12.3. The van der Waals surface area contributed by atoms with Gasteiger partial charge in [-0.1, -0.05) is 23.7 Å². The van der Waals surface area contributed by atoms with Gasteiger partial charge in [0, 0.05) is 22.0 Å². The van der Waals surface area contributed by atoms with E-state index >= 15 is 0 Å². The van der Waals surface area contributed by atoms with Crippen LogP contribution < -0.4 is 56.8 Å². The molecule has 1 rings (SSSR count). The van der Waals surface area contributed by atoms with Crippen molar-refractivity contribution in [2.24, 2.45) is 0 Å². The van der Waals surface area contributed by atoms with Crippen molar-refractivity contribution in [1.29, 1.82) is 0 Å². The van der Waals surface area contributed by atoms with Gasteiger partial charge in [0.2, 0.25) is 0 Å². The minimum Gasteiger partial charge on any atom is -0.445 e. The van der Waals surface area contributed by atoms with Gasteiger partial charge in [-0.25, -0.2) is 0 Å². The summed E-state index contributed by atoms with van der Waals surface area (Å²) in [5.74, 6) is 0. The van der Waals surface area contributed by atoms with E-state index in [1.54, 1.807) is 0 Å². The predicted octanol–water partition coefficient (Wildman–Crippen LogP) is -1.52. The Morgan fingerprint density at radius 3 is 2.07 bits per heavy atom. The monoisotopic (exact) mass is 246 g/mol. The van der Waals surface area contributed by atoms with Crippen molar-refractivity contribution < 1.29 is 68.5 Å². The van der Waals surface area contributed by atoms with E-state index in [0.29, 0.717) is 0 Å². The van der Waals surface area contributed by atoms with Gasteiger partial charge < -0.3 is 12.9 Å². The summed E-state index contributed by atoms with van der Waals surface area (Å²) in [7, 11) is -1.59. The second-order valence-corrected chi connectivity index (χ2v) is 3.91. The molecule has 72 valence electrons. The van der Waals surface area contributed by atoms with Crippen molar-refractivity contribution >= 4 is 23.2 Å². The van der Waals surface area contributed by atoms with Gasteiger partial charge in [-0.2, -0.15) is 0 Å². The van der Waals surface area contributed by atoms with E-state index in [-0.39, 0.29) is 56.3 Å². The molecular weight excluding hydrogens is 239 g/mol. The molecule has 0 saturated carbocycles. The second-order valence-electron chi connectivity index (χ2n) is 2.57. The number of rotatable bonds is 2. The molecule has 0 radical (unpaired) electrons. The van der Waals surface area contributed by atoms with Crippen LogP contribution in [-0.2, 0) is 10.8 Å². The van der Waals surface area contributed by atoms with Crippen molar-refractivity contribution in [2.75, 3.05) is 6.26 Å². The third-order valence-corrected chi connectivity index (χ3v) is 2.57. The summed E-state index contributed by atoms with van der Waals surface area (Å²) in [4.78, 5) is -0.144. The molecule has 7 heteroatoms. The first-order chi connectivity index (χ1) is 5.93. The Bertz CT molecular complexity index is 342. The SMILES string of the molecule is CS(=O)c1ccccc1[B-](F)(F)F.[K+]. The molecule has 0 fully saturated rings. The average Bonchev–Trinajstić information content (AvgIpc) is 2.03. The van der Waals surface area contributed by atoms with Crippen LogP contribution in [0, 0.1) is 0 Å². The summed E-state index contributed by atoms with van der Waals surface area (Å²) in [5, 5.41) is 0. The quantitative estimate of drug-likeness (QED) is 0.579. The third-order valence-electron chi connectivity index (χ3n) is 1.58. The summed E-state index contributed by atoms with van der Waals surface area (Å²) < 4.78 is 47.9. The van der Waals surface area contributed by atoms with Crippen LogP contribution in [0.1, 0.15) is 0 Å². The Kier molecular flexibility index (Phi) is 6.17. The Balaban J connectivity index is 0.00000169. The Morgan fingerprint density at radius 2 is 1.71 bits per heavy atom. The molecule has 0 amide bonds.